The quantitative estimate of drug-likeness (QED) is 0.345. The number of hydrogen-bond acceptors (Lipinski definition) is 6. The molecule has 1 N–H and O–H groups in total. The summed E-state index contributed by atoms with van der Waals surface area (Å²) in [5, 5.41) is 23.5. The van der Waals surface area contributed by atoms with Crippen LogP contribution in [0.5, 0.6) is 0 Å². The molecule has 0 saturated carbocycles. The van der Waals surface area contributed by atoms with Crippen LogP contribution >= 0.6 is 11.6 Å². The summed E-state index contributed by atoms with van der Waals surface area (Å²) in [5.41, 5.74) is 1.68. The maximum Gasteiger partial charge on any atom is 0.310 e. The van der Waals surface area contributed by atoms with Crippen LogP contribution in [0.3, 0.4) is 0 Å². The van der Waals surface area contributed by atoms with Crippen LogP contribution < -0.4 is 0 Å². The van der Waals surface area contributed by atoms with Crippen molar-refractivity contribution >= 4 is 23.5 Å². The summed E-state index contributed by atoms with van der Waals surface area (Å²) >= 11 is 6.23. The summed E-state index contributed by atoms with van der Waals surface area (Å²) in [4.78, 5) is 28.0. The lowest BCUT2D eigenvalue weighted by atomic mass is 9.77. The lowest BCUT2D eigenvalue weighted by Crippen LogP contribution is -2.40. The van der Waals surface area contributed by atoms with Crippen molar-refractivity contribution in [3.05, 3.63) is 125 Å². The molecule has 3 aromatic carbocycles. The molecule has 200 valence electrons. The minimum absolute atomic E-state index is 0.175. The molecule has 2 fully saturated rings. The van der Waals surface area contributed by atoms with E-state index in [1.54, 1.807) is 27.8 Å². The summed E-state index contributed by atoms with van der Waals surface area (Å²) in [6.45, 7) is 0.175. The topological polar surface area (TPSA) is 110 Å². The second kappa shape index (κ2) is 9.39. The molecule has 1 spiro atoms. The summed E-state index contributed by atoms with van der Waals surface area (Å²) < 4.78 is 7.91. The van der Waals surface area contributed by atoms with Gasteiger partial charge in [0.1, 0.15) is 23.6 Å². The Balaban J connectivity index is 1.38. The Hall–Kier alpha value is -4.34. The lowest BCUT2D eigenvalue weighted by Gasteiger charge is -2.31. The van der Waals surface area contributed by atoms with Crippen LogP contribution in [0.2, 0.25) is 5.02 Å². The molecule has 0 radical (unpaired) electrons. The van der Waals surface area contributed by atoms with E-state index in [9.17, 15) is 14.7 Å². The smallest absolute Gasteiger partial charge is 0.310 e. The lowest BCUT2D eigenvalue weighted by molar-refractivity contribution is -0.148. The number of tetrazole rings is 1. The predicted molar refractivity (Wildman–Crippen MR) is 144 cm³/mol. The van der Waals surface area contributed by atoms with E-state index in [4.69, 9.17) is 16.3 Å². The van der Waals surface area contributed by atoms with Gasteiger partial charge >= 0.3 is 5.97 Å². The van der Waals surface area contributed by atoms with Crippen molar-refractivity contribution in [3.8, 4) is 0 Å². The Morgan fingerprint density at radius 3 is 2.20 bits per heavy atom. The third-order valence-corrected chi connectivity index (χ3v) is 8.40. The number of halogens is 1. The first-order valence-electron chi connectivity index (χ1n) is 13.0. The van der Waals surface area contributed by atoms with Crippen molar-refractivity contribution in [1.82, 2.24) is 25.1 Å². The third kappa shape index (κ3) is 3.76. The number of carbonyl (C=O) groups excluding carboxylic acids is 1. The molecule has 2 bridgehead atoms. The molecular weight excluding hydrogens is 530 g/mol. The van der Waals surface area contributed by atoms with Gasteiger partial charge in [-0.1, -0.05) is 96.5 Å². The van der Waals surface area contributed by atoms with Gasteiger partial charge in [-0.2, -0.15) is 0 Å². The molecule has 10 heteroatoms. The highest BCUT2D eigenvalue weighted by atomic mass is 35.5. The van der Waals surface area contributed by atoms with Crippen LogP contribution in [0.25, 0.3) is 0 Å². The molecule has 4 aromatic rings. The summed E-state index contributed by atoms with van der Waals surface area (Å²) in [7, 11) is 0. The van der Waals surface area contributed by atoms with E-state index in [0.717, 1.165) is 16.7 Å². The van der Waals surface area contributed by atoms with Crippen LogP contribution in [-0.2, 0) is 14.3 Å². The molecule has 2 saturated heterocycles. The number of likely N-dealkylation sites (tertiary alicyclic amines) is 1. The van der Waals surface area contributed by atoms with Crippen molar-refractivity contribution in [1.29, 1.82) is 0 Å². The number of nitrogens with zero attached hydrogens (tertiary/aromatic N) is 5. The van der Waals surface area contributed by atoms with Gasteiger partial charge in [-0.05, 0) is 39.2 Å². The highest BCUT2D eigenvalue weighted by Crippen LogP contribution is 2.54. The maximum absolute atomic E-state index is 14.1. The Morgan fingerprint density at radius 2 is 1.57 bits per heavy atom. The molecule has 5 atom stereocenters. The molecule has 0 aliphatic carbocycles. The normalized spacial score (nSPS) is 25.5. The van der Waals surface area contributed by atoms with Gasteiger partial charge in [0.15, 0.2) is 5.82 Å². The average Bonchev–Trinajstić information content (AvgIpc) is 3.74. The first-order chi connectivity index (χ1) is 19.5. The van der Waals surface area contributed by atoms with Gasteiger partial charge in [-0.3, -0.25) is 9.59 Å². The van der Waals surface area contributed by atoms with Crippen molar-refractivity contribution in [2.75, 3.05) is 6.54 Å². The van der Waals surface area contributed by atoms with Crippen LogP contribution in [0.1, 0.15) is 34.6 Å². The number of benzene rings is 3. The zero-order valence-corrected chi connectivity index (χ0v) is 21.9. The van der Waals surface area contributed by atoms with Crippen molar-refractivity contribution in [2.45, 2.75) is 23.8 Å². The standard InChI is InChI=1S/C30H24ClN5O4/c31-21-13-11-20(12-14-21)26(35-17-30-16-15-22(40-30)23(29(38)39)24(30)28(35)37)27-32-33-34-36(27)25(18-7-3-1-4-8-18)19-9-5-2-6-10-19/h1-16,22-26H,17H2,(H,38,39)/t22-,23+,24-,26+,30+/m1/s1. The number of carbonyl (C=O) groups is 2. The molecule has 1 amide bonds. The van der Waals surface area contributed by atoms with E-state index in [0.29, 0.717) is 10.8 Å². The van der Waals surface area contributed by atoms with Gasteiger partial charge < -0.3 is 14.7 Å². The highest BCUT2D eigenvalue weighted by Gasteiger charge is 2.68. The number of carboxylic acids is 1. The molecule has 7 rings (SSSR count). The summed E-state index contributed by atoms with van der Waals surface area (Å²) in [6, 6.07) is 25.9. The Kier molecular flexibility index (Phi) is 5.80. The zero-order valence-electron chi connectivity index (χ0n) is 21.1. The molecule has 3 aliphatic rings. The van der Waals surface area contributed by atoms with Crippen molar-refractivity contribution in [2.24, 2.45) is 11.8 Å². The van der Waals surface area contributed by atoms with Crippen molar-refractivity contribution in [3.63, 3.8) is 0 Å². The molecule has 3 aliphatic heterocycles. The van der Waals surface area contributed by atoms with E-state index in [2.05, 4.69) is 15.5 Å². The Labute approximate surface area is 234 Å². The second-order valence-corrected chi connectivity index (χ2v) is 10.8. The SMILES string of the molecule is O=C(O)[C@H]1[C@H]2C=C[C@@]3(CN([C@@H](c4ccc(Cl)cc4)c4nnnn4C(c4ccccc4)c4ccccc4)C(=O)[C@@H]13)O2. The first-order valence-corrected chi connectivity index (χ1v) is 13.4. The fourth-order valence-electron chi connectivity index (χ4n) is 6.45. The number of aromatic nitrogens is 4. The maximum atomic E-state index is 14.1. The fourth-order valence-corrected chi connectivity index (χ4v) is 6.58. The van der Waals surface area contributed by atoms with E-state index in [-0.39, 0.29) is 18.5 Å². The molecule has 0 unspecified atom stereocenters. The number of ether oxygens (including phenoxy) is 1. The second-order valence-electron chi connectivity index (χ2n) is 10.4. The fraction of sp³-hybridized carbons (Fsp3) is 0.233. The van der Waals surface area contributed by atoms with Crippen LogP contribution in [-0.4, -0.2) is 60.3 Å². The predicted octanol–water partition coefficient (Wildman–Crippen LogP) is 3.92. The monoisotopic (exact) mass is 553 g/mol. The Morgan fingerprint density at radius 1 is 0.950 bits per heavy atom. The molecule has 9 nitrogen and oxygen atoms in total. The zero-order chi connectivity index (χ0) is 27.4. The third-order valence-electron chi connectivity index (χ3n) is 8.15. The molecule has 40 heavy (non-hydrogen) atoms. The first kappa shape index (κ1) is 24.7. The van der Waals surface area contributed by atoms with Crippen LogP contribution in [0, 0.1) is 11.8 Å². The molecule has 1 aromatic heterocycles. The van der Waals surface area contributed by atoms with E-state index in [1.165, 1.54) is 0 Å². The van der Waals surface area contributed by atoms with Gasteiger partial charge in [0.25, 0.3) is 0 Å². The number of amides is 1. The van der Waals surface area contributed by atoms with Crippen LogP contribution in [0.4, 0.5) is 0 Å². The van der Waals surface area contributed by atoms with Crippen molar-refractivity contribution < 1.29 is 19.4 Å². The number of carboxylic acid groups (broad SMARTS) is 1. The van der Waals surface area contributed by atoms with Gasteiger partial charge in [0.05, 0.1) is 18.6 Å². The van der Waals surface area contributed by atoms with Gasteiger partial charge in [-0.25, -0.2) is 4.68 Å². The van der Waals surface area contributed by atoms with Gasteiger partial charge in [0, 0.05) is 5.02 Å². The molecular formula is C30H24ClN5O4. The summed E-state index contributed by atoms with van der Waals surface area (Å²) in [5.74, 6) is -2.69. The van der Waals surface area contributed by atoms with Gasteiger partial charge in [-0.15, -0.1) is 5.10 Å². The Bertz CT molecular complexity index is 1570. The largest absolute Gasteiger partial charge is 0.481 e. The van der Waals surface area contributed by atoms with E-state index in [1.807, 2.05) is 78.9 Å². The van der Waals surface area contributed by atoms with E-state index < -0.39 is 35.6 Å². The number of aliphatic carboxylic acids is 1. The minimum Gasteiger partial charge on any atom is -0.481 e. The number of hydrogen-bond donors (Lipinski definition) is 1. The average molecular weight is 554 g/mol. The number of fused-ring (bicyclic) bond motifs is 1. The van der Waals surface area contributed by atoms with Gasteiger partial charge in [0.2, 0.25) is 5.91 Å². The number of rotatable bonds is 7. The highest BCUT2D eigenvalue weighted by molar-refractivity contribution is 6.30. The summed E-state index contributed by atoms with van der Waals surface area (Å²) in [6.07, 6.45) is 2.99. The van der Waals surface area contributed by atoms with Crippen LogP contribution in [0.15, 0.2) is 97.1 Å². The molecule has 4 heterocycles. The minimum atomic E-state index is -1.04. The van der Waals surface area contributed by atoms with E-state index >= 15 is 0 Å².